The molecule has 1 aliphatic heterocycles. The smallest absolute Gasteiger partial charge is 0.152 e. The van der Waals surface area contributed by atoms with Gasteiger partial charge in [0.15, 0.2) is 9.84 Å². The van der Waals surface area contributed by atoms with Crippen molar-refractivity contribution in [1.29, 1.82) is 0 Å². The summed E-state index contributed by atoms with van der Waals surface area (Å²) in [5, 5.41) is 3.54. The number of benzene rings is 1. The zero-order chi connectivity index (χ0) is 14.0. The first-order chi connectivity index (χ1) is 9.64. The minimum Gasteiger partial charge on any atom is -0.370 e. The monoisotopic (exact) mass is 294 g/mol. The van der Waals surface area contributed by atoms with Gasteiger partial charge in [-0.2, -0.15) is 0 Å². The number of para-hydroxylation sites is 1. The Labute approximate surface area is 121 Å². The van der Waals surface area contributed by atoms with Gasteiger partial charge in [-0.15, -0.1) is 0 Å². The van der Waals surface area contributed by atoms with Crippen LogP contribution in [0.4, 0.5) is 5.69 Å². The lowest BCUT2D eigenvalue weighted by atomic mass is 10.1. The number of rotatable bonds is 4. The van der Waals surface area contributed by atoms with Crippen LogP contribution in [-0.4, -0.2) is 39.1 Å². The third kappa shape index (κ3) is 3.52. The van der Waals surface area contributed by atoms with E-state index in [-0.39, 0.29) is 5.75 Å². The van der Waals surface area contributed by atoms with Crippen LogP contribution in [0.1, 0.15) is 24.8 Å². The van der Waals surface area contributed by atoms with Crippen molar-refractivity contribution in [2.75, 3.05) is 29.5 Å². The van der Waals surface area contributed by atoms with E-state index in [9.17, 15) is 8.42 Å². The summed E-state index contributed by atoms with van der Waals surface area (Å²) in [6.45, 7) is 2.33. The average Bonchev–Trinajstić information content (AvgIpc) is 3.25. The van der Waals surface area contributed by atoms with Crippen LogP contribution in [0.25, 0.3) is 0 Å². The number of nitrogens with zero attached hydrogens (tertiary/aromatic N) is 1. The molecule has 0 radical (unpaired) electrons. The Hall–Kier alpha value is -1.07. The molecule has 1 N–H and O–H groups in total. The summed E-state index contributed by atoms with van der Waals surface area (Å²) in [5.74, 6) is 0.601. The van der Waals surface area contributed by atoms with E-state index in [1.165, 1.54) is 24.1 Å². The predicted octanol–water partition coefficient (Wildman–Crippen LogP) is 1.56. The summed E-state index contributed by atoms with van der Waals surface area (Å²) in [6.07, 6.45) is 3.29. The highest BCUT2D eigenvalue weighted by molar-refractivity contribution is 7.91. The summed E-state index contributed by atoms with van der Waals surface area (Å²) in [5.41, 5.74) is 2.47. The largest absolute Gasteiger partial charge is 0.370 e. The van der Waals surface area contributed by atoms with Gasteiger partial charge in [-0.25, -0.2) is 8.42 Å². The first kappa shape index (κ1) is 13.9. The maximum atomic E-state index is 11.7. The summed E-state index contributed by atoms with van der Waals surface area (Å²) >= 11 is 0. The molecule has 1 aromatic carbocycles. The lowest BCUT2D eigenvalue weighted by Crippen LogP contribution is -2.28. The molecule has 0 aromatic heterocycles. The van der Waals surface area contributed by atoms with Crippen molar-refractivity contribution in [1.82, 2.24) is 5.32 Å². The minimum atomic E-state index is -2.85. The molecule has 110 valence electrons. The number of hydrogen-bond acceptors (Lipinski definition) is 4. The highest BCUT2D eigenvalue weighted by atomic mass is 32.2. The molecule has 0 unspecified atom stereocenters. The van der Waals surface area contributed by atoms with E-state index < -0.39 is 9.84 Å². The van der Waals surface area contributed by atoms with Gasteiger partial charge in [-0.05, 0) is 30.9 Å². The molecule has 0 amide bonds. The highest BCUT2D eigenvalue weighted by Gasteiger charge is 2.23. The Morgan fingerprint density at radius 3 is 2.75 bits per heavy atom. The van der Waals surface area contributed by atoms with Crippen molar-refractivity contribution < 1.29 is 8.42 Å². The van der Waals surface area contributed by atoms with Gasteiger partial charge in [0.2, 0.25) is 0 Å². The number of hydrogen-bond donors (Lipinski definition) is 1. The zero-order valence-corrected chi connectivity index (χ0v) is 12.5. The van der Waals surface area contributed by atoms with Crippen molar-refractivity contribution in [3.05, 3.63) is 29.8 Å². The number of nitrogens with one attached hydrogen (secondary N) is 1. The second-order valence-electron chi connectivity index (χ2n) is 5.78. The molecule has 1 aromatic rings. The number of sulfone groups is 1. The molecular weight excluding hydrogens is 272 g/mol. The Bertz CT molecular complexity index is 567. The first-order valence-corrected chi connectivity index (χ1v) is 9.23. The fourth-order valence-corrected chi connectivity index (χ4v) is 3.96. The fourth-order valence-electron chi connectivity index (χ4n) is 2.69. The van der Waals surface area contributed by atoms with E-state index in [1.54, 1.807) is 0 Å². The molecule has 3 rings (SSSR count). The van der Waals surface area contributed by atoms with Gasteiger partial charge >= 0.3 is 0 Å². The van der Waals surface area contributed by atoms with Crippen LogP contribution in [0.5, 0.6) is 0 Å². The number of anilines is 1. The average molecular weight is 294 g/mol. The molecule has 1 aliphatic carbocycles. The standard InChI is InChI=1S/C15H22N2O2S/c18-20(19)10-3-8-17(9-11-20)15-5-2-1-4-13(15)12-16-14-6-7-14/h1-2,4-5,14,16H,3,6-12H2. The van der Waals surface area contributed by atoms with Crippen molar-refractivity contribution in [3.8, 4) is 0 Å². The minimum absolute atomic E-state index is 0.275. The van der Waals surface area contributed by atoms with Crippen LogP contribution in [0.3, 0.4) is 0 Å². The molecule has 2 fully saturated rings. The Morgan fingerprint density at radius 2 is 1.95 bits per heavy atom. The predicted molar refractivity (Wildman–Crippen MR) is 81.8 cm³/mol. The van der Waals surface area contributed by atoms with Gasteiger partial charge in [0.05, 0.1) is 11.5 Å². The third-order valence-corrected chi connectivity index (χ3v) is 5.76. The molecule has 4 nitrogen and oxygen atoms in total. The van der Waals surface area contributed by atoms with E-state index in [0.29, 0.717) is 18.3 Å². The zero-order valence-electron chi connectivity index (χ0n) is 11.7. The highest BCUT2D eigenvalue weighted by Crippen LogP contribution is 2.24. The topological polar surface area (TPSA) is 49.4 Å². The fraction of sp³-hybridized carbons (Fsp3) is 0.600. The van der Waals surface area contributed by atoms with Crippen LogP contribution >= 0.6 is 0 Å². The van der Waals surface area contributed by atoms with Crippen molar-refractivity contribution >= 4 is 15.5 Å². The molecule has 0 atom stereocenters. The van der Waals surface area contributed by atoms with Gasteiger partial charge in [0.1, 0.15) is 0 Å². The SMILES string of the molecule is O=S1(=O)CCCN(c2ccccc2CNC2CC2)CC1. The van der Waals surface area contributed by atoms with E-state index in [1.807, 2.05) is 6.07 Å². The Kier molecular flexibility index (Phi) is 3.98. The Balaban J connectivity index is 1.74. The summed E-state index contributed by atoms with van der Waals surface area (Å²) in [4.78, 5) is 2.23. The summed E-state index contributed by atoms with van der Waals surface area (Å²) < 4.78 is 23.4. The van der Waals surface area contributed by atoms with Crippen molar-refractivity contribution in [2.45, 2.75) is 31.8 Å². The molecular formula is C15H22N2O2S. The van der Waals surface area contributed by atoms with Gasteiger partial charge in [-0.1, -0.05) is 18.2 Å². The molecule has 0 spiro atoms. The van der Waals surface area contributed by atoms with E-state index in [4.69, 9.17) is 0 Å². The second-order valence-corrected chi connectivity index (χ2v) is 8.08. The van der Waals surface area contributed by atoms with Crippen molar-refractivity contribution in [3.63, 3.8) is 0 Å². The Morgan fingerprint density at radius 1 is 1.15 bits per heavy atom. The van der Waals surface area contributed by atoms with Crippen LogP contribution in [0, 0.1) is 0 Å². The summed E-state index contributed by atoms with van der Waals surface area (Å²) in [7, 11) is -2.85. The lowest BCUT2D eigenvalue weighted by molar-refractivity contribution is 0.597. The maximum absolute atomic E-state index is 11.7. The summed E-state index contributed by atoms with van der Waals surface area (Å²) in [6, 6.07) is 9.04. The second kappa shape index (κ2) is 5.74. The van der Waals surface area contributed by atoms with Gasteiger partial charge in [0, 0.05) is 31.4 Å². The van der Waals surface area contributed by atoms with E-state index in [0.717, 1.165) is 19.5 Å². The molecule has 20 heavy (non-hydrogen) atoms. The van der Waals surface area contributed by atoms with Crippen LogP contribution in [0.15, 0.2) is 24.3 Å². The van der Waals surface area contributed by atoms with Crippen LogP contribution in [-0.2, 0) is 16.4 Å². The quantitative estimate of drug-likeness (QED) is 0.915. The molecule has 0 bridgehead atoms. The van der Waals surface area contributed by atoms with Gasteiger partial charge < -0.3 is 10.2 Å². The third-order valence-electron chi connectivity index (χ3n) is 4.05. The molecule has 1 heterocycles. The van der Waals surface area contributed by atoms with E-state index in [2.05, 4.69) is 28.4 Å². The van der Waals surface area contributed by atoms with Gasteiger partial charge in [0.25, 0.3) is 0 Å². The van der Waals surface area contributed by atoms with Crippen molar-refractivity contribution in [2.24, 2.45) is 0 Å². The molecule has 1 saturated heterocycles. The molecule has 2 aliphatic rings. The van der Waals surface area contributed by atoms with Crippen LogP contribution in [0.2, 0.25) is 0 Å². The molecule has 1 saturated carbocycles. The van der Waals surface area contributed by atoms with Gasteiger partial charge in [-0.3, -0.25) is 0 Å². The normalized spacial score (nSPS) is 22.5. The first-order valence-electron chi connectivity index (χ1n) is 7.41. The maximum Gasteiger partial charge on any atom is 0.152 e. The lowest BCUT2D eigenvalue weighted by Gasteiger charge is -2.25. The van der Waals surface area contributed by atoms with E-state index >= 15 is 0 Å². The molecule has 5 heteroatoms. The van der Waals surface area contributed by atoms with Crippen LogP contribution < -0.4 is 10.2 Å².